The van der Waals surface area contributed by atoms with E-state index in [9.17, 15) is 22.8 Å². The molecule has 0 bridgehead atoms. The number of likely N-dealkylation sites (N-methyl/N-ethyl adjacent to an activating group) is 1. The largest absolute Gasteiger partial charge is 0.467 e. The van der Waals surface area contributed by atoms with Crippen LogP contribution in [0.15, 0.2) is 9.85 Å². The van der Waals surface area contributed by atoms with Crippen LogP contribution < -0.4 is 0 Å². The van der Waals surface area contributed by atoms with Crippen molar-refractivity contribution in [3.8, 4) is 0 Å². The van der Waals surface area contributed by atoms with Gasteiger partial charge in [0.1, 0.15) is 16.5 Å². The van der Waals surface area contributed by atoms with Crippen LogP contribution in [0.5, 0.6) is 0 Å². The summed E-state index contributed by atoms with van der Waals surface area (Å²) < 4.78 is 48.4. The lowest BCUT2D eigenvalue weighted by atomic mass is 10.1. The molecule has 0 aliphatic heterocycles. The van der Waals surface area contributed by atoms with Gasteiger partial charge in [0.2, 0.25) is 0 Å². The van der Waals surface area contributed by atoms with Gasteiger partial charge in [-0.15, -0.1) is 11.3 Å². The van der Waals surface area contributed by atoms with Gasteiger partial charge in [0.25, 0.3) is 0 Å². The molecule has 0 saturated heterocycles. The van der Waals surface area contributed by atoms with Gasteiger partial charge in [-0.05, 0) is 47.6 Å². The Hall–Kier alpha value is -1.29. The van der Waals surface area contributed by atoms with Gasteiger partial charge in [-0.25, -0.2) is 9.59 Å². The molecule has 142 valence electrons. The molecule has 1 rings (SSSR count). The normalized spacial score (nSPS) is 13.3. The molecule has 1 heterocycles. The number of nitrogens with zero attached hydrogens (tertiary/aromatic N) is 1. The molecule has 0 aromatic carbocycles. The average molecular weight is 446 g/mol. The summed E-state index contributed by atoms with van der Waals surface area (Å²) in [5.74, 6) is -0.750. The highest BCUT2D eigenvalue weighted by atomic mass is 79.9. The Kier molecular flexibility index (Phi) is 6.91. The maximum absolute atomic E-state index is 12.9. The molecular formula is C15H19BrF3NO4S. The summed E-state index contributed by atoms with van der Waals surface area (Å²) in [6.07, 6.45) is -5.42. The van der Waals surface area contributed by atoms with Crippen LogP contribution in [-0.4, -0.2) is 42.8 Å². The van der Waals surface area contributed by atoms with Gasteiger partial charge in [0.05, 0.1) is 7.11 Å². The summed E-state index contributed by atoms with van der Waals surface area (Å²) in [5.41, 5.74) is -0.526. The predicted octanol–water partition coefficient (Wildman–Crippen LogP) is 4.48. The molecule has 1 unspecified atom stereocenters. The number of amides is 1. The minimum Gasteiger partial charge on any atom is -0.467 e. The number of carbonyl (C=O) groups is 2. The highest BCUT2D eigenvalue weighted by molar-refractivity contribution is 9.10. The van der Waals surface area contributed by atoms with Crippen LogP contribution in [-0.2, 0) is 26.9 Å². The molecule has 0 N–H and O–H groups in total. The Bertz CT molecular complexity index is 640. The molecule has 1 aromatic rings. The Morgan fingerprint density at radius 1 is 1.32 bits per heavy atom. The second-order valence-corrected chi connectivity index (χ2v) is 7.91. The van der Waals surface area contributed by atoms with Crippen molar-refractivity contribution in [1.82, 2.24) is 4.90 Å². The molecule has 1 atom stereocenters. The molecule has 0 fully saturated rings. The molecule has 1 aromatic heterocycles. The number of rotatable bonds is 4. The van der Waals surface area contributed by atoms with E-state index in [2.05, 4.69) is 20.7 Å². The first-order valence-electron chi connectivity index (χ1n) is 7.14. The van der Waals surface area contributed by atoms with Gasteiger partial charge < -0.3 is 9.47 Å². The number of ether oxygens (including phenoxy) is 2. The molecular weight excluding hydrogens is 427 g/mol. The molecule has 0 spiro atoms. The van der Waals surface area contributed by atoms with E-state index >= 15 is 0 Å². The van der Waals surface area contributed by atoms with Crippen molar-refractivity contribution in [1.29, 1.82) is 0 Å². The summed E-state index contributed by atoms with van der Waals surface area (Å²) in [4.78, 5) is 24.4. The maximum Gasteiger partial charge on any atom is 0.426 e. The third kappa shape index (κ3) is 5.88. The lowest BCUT2D eigenvalue weighted by molar-refractivity contribution is -0.146. The van der Waals surface area contributed by atoms with Crippen molar-refractivity contribution >= 4 is 39.3 Å². The SMILES string of the molecule is COC(=O)C(Cc1csc(C(F)(F)F)c1Br)N(C)C(=O)OC(C)(C)C. The number of halogens is 4. The van der Waals surface area contributed by atoms with E-state index in [1.807, 2.05) is 0 Å². The number of hydrogen-bond acceptors (Lipinski definition) is 5. The first-order chi connectivity index (χ1) is 11.3. The topological polar surface area (TPSA) is 55.8 Å². The van der Waals surface area contributed by atoms with E-state index in [0.29, 0.717) is 11.3 Å². The van der Waals surface area contributed by atoms with E-state index in [0.717, 1.165) is 12.0 Å². The molecule has 5 nitrogen and oxygen atoms in total. The van der Waals surface area contributed by atoms with Gasteiger partial charge >= 0.3 is 18.2 Å². The molecule has 1 amide bonds. The number of alkyl halides is 3. The molecule has 0 radical (unpaired) electrons. The minimum atomic E-state index is -4.50. The second-order valence-electron chi connectivity index (χ2n) is 6.24. The fourth-order valence-corrected chi connectivity index (χ4v) is 3.67. The molecule has 10 heteroatoms. The molecule has 25 heavy (non-hydrogen) atoms. The first kappa shape index (κ1) is 21.8. The van der Waals surface area contributed by atoms with Crippen molar-refractivity contribution in [2.45, 2.75) is 45.0 Å². The van der Waals surface area contributed by atoms with Crippen LogP contribution in [0.4, 0.5) is 18.0 Å². The second kappa shape index (κ2) is 7.94. The minimum absolute atomic E-state index is 0.142. The van der Waals surface area contributed by atoms with Gasteiger partial charge in [0, 0.05) is 17.9 Å². The standard InChI is InChI=1S/C15H19BrF3NO4S/c1-14(2,3)24-13(22)20(4)9(12(21)23-5)6-8-7-25-11(10(8)16)15(17,18)19/h7,9H,6H2,1-5H3. The molecule has 0 saturated carbocycles. The van der Waals surface area contributed by atoms with Crippen LogP contribution in [0, 0.1) is 0 Å². The Morgan fingerprint density at radius 2 is 1.88 bits per heavy atom. The van der Waals surface area contributed by atoms with E-state index in [-0.39, 0.29) is 16.5 Å². The molecule has 0 aliphatic carbocycles. The zero-order valence-corrected chi connectivity index (χ0v) is 16.8. The number of methoxy groups -OCH3 is 1. The lowest BCUT2D eigenvalue weighted by Crippen LogP contribution is -2.46. The van der Waals surface area contributed by atoms with E-state index in [1.165, 1.54) is 12.4 Å². The van der Waals surface area contributed by atoms with Crippen LogP contribution in [0.2, 0.25) is 0 Å². The maximum atomic E-state index is 12.9. The Balaban J connectivity index is 3.08. The molecule has 0 aliphatic rings. The van der Waals surface area contributed by atoms with E-state index < -0.39 is 34.8 Å². The zero-order chi connectivity index (χ0) is 19.6. The van der Waals surface area contributed by atoms with Crippen LogP contribution in [0.25, 0.3) is 0 Å². The third-order valence-corrected chi connectivity index (χ3v) is 5.34. The Labute approximate surface area is 156 Å². The lowest BCUT2D eigenvalue weighted by Gasteiger charge is -2.29. The van der Waals surface area contributed by atoms with Crippen LogP contribution in [0.1, 0.15) is 31.2 Å². The van der Waals surface area contributed by atoms with Gasteiger partial charge in [0.15, 0.2) is 0 Å². The summed E-state index contributed by atoms with van der Waals surface area (Å²) in [7, 11) is 2.47. The van der Waals surface area contributed by atoms with Crippen molar-refractivity contribution in [3.05, 3.63) is 20.3 Å². The number of carbonyl (C=O) groups excluding carboxylic acids is 2. The van der Waals surface area contributed by atoms with Crippen LogP contribution >= 0.6 is 27.3 Å². The average Bonchev–Trinajstić information content (AvgIpc) is 2.82. The summed E-state index contributed by atoms with van der Waals surface area (Å²) in [5, 5.41) is 1.30. The van der Waals surface area contributed by atoms with Gasteiger partial charge in [-0.2, -0.15) is 13.2 Å². The highest BCUT2D eigenvalue weighted by Gasteiger charge is 2.37. The Morgan fingerprint density at radius 3 is 2.28 bits per heavy atom. The summed E-state index contributed by atoms with van der Waals surface area (Å²) in [6.45, 7) is 4.99. The highest BCUT2D eigenvalue weighted by Crippen LogP contribution is 2.41. The number of esters is 1. The van der Waals surface area contributed by atoms with Crippen molar-refractivity contribution in [2.24, 2.45) is 0 Å². The van der Waals surface area contributed by atoms with Crippen molar-refractivity contribution in [3.63, 3.8) is 0 Å². The van der Waals surface area contributed by atoms with Gasteiger partial charge in [-0.1, -0.05) is 0 Å². The zero-order valence-electron chi connectivity index (χ0n) is 14.4. The number of hydrogen-bond donors (Lipinski definition) is 0. The number of thiophene rings is 1. The van der Waals surface area contributed by atoms with Crippen molar-refractivity contribution in [2.75, 3.05) is 14.2 Å². The predicted molar refractivity (Wildman–Crippen MR) is 90.5 cm³/mol. The fourth-order valence-electron chi connectivity index (χ4n) is 1.89. The summed E-state index contributed by atoms with van der Waals surface area (Å²) in [6, 6.07) is -1.12. The summed E-state index contributed by atoms with van der Waals surface area (Å²) >= 11 is 3.44. The van der Waals surface area contributed by atoms with E-state index in [4.69, 9.17) is 4.74 Å². The van der Waals surface area contributed by atoms with Gasteiger partial charge in [-0.3, -0.25) is 4.90 Å². The first-order valence-corrected chi connectivity index (χ1v) is 8.82. The van der Waals surface area contributed by atoms with E-state index in [1.54, 1.807) is 20.8 Å². The quantitative estimate of drug-likeness (QED) is 0.641. The fraction of sp³-hybridized carbons (Fsp3) is 0.600. The third-order valence-electron chi connectivity index (χ3n) is 3.09. The smallest absolute Gasteiger partial charge is 0.426 e. The van der Waals surface area contributed by atoms with Crippen LogP contribution in [0.3, 0.4) is 0 Å². The van der Waals surface area contributed by atoms with Crippen molar-refractivity contribution < 1.29 is 32.2 Å². The monoisotopic (exact) mass is 445 g/mol.